The van der Waals surface area contributed by atoms with E-state index >= 15 is 0 Å². The van der Waals surface area contributed by atoms with Crippen molar-refractivity contribution in [2.24, 2.45) is 0 Å². The molecule has 1 atom stereocenters. The molecular formula is C16H27N5OS. The number of hydrogen-bond donors (Lipinski definition) is 1. The number of rotatable bonds is 4. The highest BCUT2D eigenvalue weighted by Gasteiger charge is 2.27. The molecule has 2 fully saturated rings. The Morgan fingerprint density at radius 2 is 2.04 bits per heavy atom. The van der Waals surface area contributed by atoms with E-state index in [0.717, 1.165) is 32.1 Å². The fraction of sp³-hybridized carbons (Fsp3) is 0.812. The van der Waals surface area contributed by atoms with Crippen molar-refractivity contribution in [2.75, 3.05) is 31.5 Å². The van der Waals surface area contributed by atoms with Crippen LogP contribution in [0.1, 0.15) is 45.4 Å². The van der Waals surface area contributed by atoms with E-state index in [1.165, 1.54) is 50.0 Å². The fourth-order valence-corrected chi connectivity index (χ4v) is 4.21. The average molecular weight is 337 g/mol. The lowest BCUT2D eigenvalue weighted by Gasteiger charge is -2.33. The number of carbonyl (C=O) groups excluding carboxylic acids is 1. The summed E-state index contributed by atoms with van der Waals surface area (Å²) in [6, 6.07) is 0.652. The molecule has 1 saturated carbocycles. The Morgan fingerprint density at radius 3 is 2.78 bits per heavy atom. The first kappa shape index (κ1) is 16.8. The van der Waals surface area contributed by atoms with Gasteiger partial charge in [-0.25, -0.2) is 0 Å². The van der Waals surface area contributed by atoms with Gasteiger partial charge in [0.2, 0.25) is 11.0 Å². The summed E-state index contributed by atoms with van der Waals surface area (Å²) >= 11 is 1.36. The van der Waals surface area contributed by atoms with Crippen molar-refractivity contribution in [3.63, 3.8) is 0 Å². The topological polar surface area (TPSA) is 61.4 Å². The van der Waals surface area contributed by atoms with Gasteiger partial charge < -0.3 is 0 Å². The monoisotopic (exact) mass is 337 g/mol. The Balaban J connectivity index is 1.51. The molecule has 1 aromatic heterocycles. The Hall–Kier alpha value is -1.05. The maximum absolute atomic E-state index is 12.4. The van der Waals surface area contributed by atoms with Gasteiger partial charge >= 0.3 is 0 Å². The fourth-order valence-electron chi connectivity index (χ4n) is 3.76. The molecule has 7 heteroatoms. The van der Waals surface area contributed by atoms with Gasteiger partial charge in [0, 0.05) is 25.7 Å². The molecule has 2 aliphatic rings. The zero-order valence-corrected chi connectivity index (χ0v) is 14.7. The molecule has 0 aromatic carbocycles. The van der Waals surface area contributed by atoms with Gasteiger partial charge in [-0.1, -0.05) is 30.6 Å². The van der Waals surface area contributed by atoms with E-state index in [-0.39, 0.29) is 11.9 Å². The Bertz CT molecular complexity index is 489. The average Bonchev–Trinajstić information content (AvgIpc) is 2.96. The largest absolute Gasteiger partial charge is 0.299 e. The molecule has 1 aliphatic carbocycles. The lowest BCUT2D eigenvalue weighted by molar-refractivity contribution is -0.120. The lowest BCUT2D eigenvalue weighted by atomic mass is 9.94. The first-order valence-electron chi connectivity index (χ1n) is 8.79. The lowest BCUT2D eigenvalue weighted by Crippen LogP contribution is -2.45. The van der Waals surface area contributed by atoms with Gasteiger partial charge in [0.15, 0.2) is 0 Å². The molecule has 1 aliphatic heterocycles. The van der Waals surface area contributed by atoms with Crippen LogP contribution in [-0.2, 0) is 4.79 Å². The third-order valence-corrected chi connectivity index (χ3v) is 5.78. The van der Waals surface area contributed by atoms with Gasteiger partial charge in [-0.3, -0.25) is 19.9 Å². The molecular weight excluding hydrogens is 310 g/mol. The predicted octanol–water partition coefficient (Wildman–Crippen LogP) is 2.21. The van der Waals surface area contributed by atoms with Crippen LogP contribution in [0.4, 0.5) is 5.13 Å². The molecule has 2 heterocycles. The molecule has 1 aromatic rings. The van der Waals surface area contributed by atoms with Crippen LogP contribution in [-0.4, -0.2) is 64.2 Å². The minimum atomic E-state index is -0.120. The first-order chi connectivity index (χ1) is 11.2. The van der Waals surface area contributed by atoms with Crippen molar-refractivity contribution >= 4 is 22.4 Å². The highest BCUT2D eigenvalue weighted by Crippen LogP contribution is 2.24. The van der Waals surface area contributed by atoms with E-state index in [1.54, 1.807) is 5.51 Å². The Labute approximate surface area is 142 Å². The van der Waals surface area contributed by atoms with Gasteiger partial charge in [0.25, 0.3) is 0 Å². The molecule has 1 unspecified atom stereocenters. The molecule has 0 spiro atoms. The summed E-state index contributed by atoms with van der Waals surface area (Å²) in [6.45, 7) is 6.22. The Kier molecular flexibility index (Phi) is 5.96. The number of hydrogen-bond acceptors (Lipinski definition) is 6. The summed E-state index contributed by atoms with van der Waals surface area (Å²) in [4.78, 5) is 17.3. The SMILES string of the molecule is CC(C(=O)Nc1nncs1)N1CCCN(C2CCCCC2)CC1. The van der Waals surface area contributed by atoms with Gasteiger partial charge in [-0.15, -0.1) is 10.2 Å². The Morgan fingerprint density at radius 1 is 1.22 bits per heavy atom. The number of nitrogens with one attached hydrogen (secondary N) is 1. The molecule has 0 bridgehead atoms. The highest BCUT2D eigenvalue weighted by molar-refractivity contribution is 7.13. The number of carbonyl (C=O) groups is 1. The minimum absolute atomic E-state index is 0.0212. The third kappa shape index (κ3) is 4.49. The molecule has 1 saturated heterocycles. The second-order valence-corrected chi connectivity index (χ2v) is 7.46. The van der Waals surface area contributed by atoms with Crippen LogP contribution in [0, 0.1) is 0 Å². The summed E-state index contributed by atoms with van der Waals surface area (Å²) in [5.41, 5.74) is 1.63. The molecule has 1 amide bonds. The van der Waals surface area contributed by atoms with E-state index in [0.29, 0.717) is 5.13 Å². The highest BCUT2D eigenvalue weighted by atomic mass is 32.1. The van der Waals surface area contributed by atoms with Crippen LogP contribution in [0.25, 0.3) is 0 Å². The molecule has 23 heavy (non-hydrogen) atoms. The number of anilines is 1. The maximum Gasteiger partial charge on any atom is 0.243 e. The van der Waals surface area contributed by atoms with Gasteiger partial charge in [0.1, 0.15) is 5.51 Å². The van der Waals surface area contributed by atoms with Crippen molar-refractivity contribution < 1.29 is 4.79 Å². The van der Waals surface area contributed by atoms with E-state index in [9.17, 15) is 4.79 Å². The van der Waals surface area contributed by atoms with E-state index in [4.69, 9.17) is 0 Å². The molecule has 6 nitrogen and oxygen atoms in total. The first-order valence-corrected chi connectivity index (χ1v) is 9.67. The normalized spacial score (nSPS) is 23.3. The van der Waals surface area contributed by atoms with Crippen LogP contribution in [0.2, 0.25) is 0 Å². The molecule has 1 N–H and O–H groups in total. The van der Waals surface area contributed by atoms with Crippen LogP contribution >= 0.6 is 11.3 Å². The number of amides is 1. The van der Waals surface area contributed by atoms with Crippen molar-refractivity contribution in [2.45, 2.75) is 57.5 Å². The summed E-state index contributed by atoms with van der Waals surface area (Å²) in [5.74, 6) is 0.0212. The third-order valence-electron chi connectivity index (χ3n) is 5.17. The summed E-state index contributed by atoms with van der Waals surface area (Å²) in [5, 5.41) is 11.1. The number of aromatic nitrogens is 2. The quantitative estimate of drug-likeness (QED) is 0.913. The predicted molar refractivity (Wildman–Crippen MR) is 92.6 cm³/mol. The molecule has 0 radical (unpaired) electrons. The van der Waals surface area contributed by atoms with Crippen molar-refractivity contribution in [1.82, 2.24) is 20.0 Å². The zero-order chi connectivity index (χ0) is 16.1. The van der Waals surface area contributed by atoms with Crippen LogP contribution in [0.5, 0.6) is 0 Å². The smallest absolute Gasteiger partial charge is 0.243 e. The summed E-state index contributed by atoms with van der Waals surface area (Å²) in [7, 11) is 0. The van der Waals surface area contributed by atoms with Crippen LogP contribution in [0.3, 0.4) is 0 Å². The second kappa shape index (κ2) is 8.17. The number of nitrogens with zero attached hydrogens (tertiary/aromatic N) is 4. The summed E-state index contributed by atoms with van der Waals surface area (Å²) in [6.07, 6.45) is 8.02. The van der Waals surface area contributed by atoms with Gasteiger partial charge in [0.05, 0.1) is 6.04 Å². The maximum atomic E-state index is 12.4. The summed E-state index contributed by atoms with van der Waals surface area (Å²) < 4.78 is 0. The van der Waals surface area contributed by atoms with E-state index in [2.05, 4.69) is 25.3 Å². The van der Waals surface area contributed by atoms with Crippen molar-refractivity contribution in [1.29, 1.82) is 0 Å². The van der Waals surface area contributed by atoms with Gasteiger partial charge in [-0.05, 0) is 32.7 Å². The zero-order valence-electron chi connectivity index (χ0n) is 13.9. The van der Waals surface area contributed by atoms with E-state index < -0.39 is 0 Å². The van der Waals surface area contributed by atoms with Gasteiger partial charge in [-0.2, -0.15) is 0 Å². The van der Waals surface area contributed by atoms with Crippen molar-refractivity contribution in [3.8, 4) is 0 Å². The van der Waals surface area contributed by atoms with Crippen molar-refractivity contribution in [3.05, 3.63) is 5.51 Å². The second-order valence-electron chi connectivity index (χ2n) is 6.63. The van der Waals surface area contributed by atoms with Crippen LogP contribution in [0.15, 0.2) is 5.51 Å². The minimum Gasteiger partial charge on any atom is -0.299 e. The molecule has 3 rings (SSSR count). The standard InChI is InChI=1S/C16H27N5OS/c1-13(15(22)18-16-19-17-12-23-16)20-8-5-9-21(11-10-20)14-6-3-2-4-7-14/h12-14H,2-11H2,1H3,(H,18,19,22). The van der Waals surface area contributed by atoms with E-state index in [1.807, 2.05) is 6.92 Å². The molecule has 128 valence electrons. The van der Waals surface area contributed by atoms with Crippen LogP contribution < -0.4 is 5.32 Å².